The summed E-state index contributed by atoms with van der Waals surface area (Å²) in [4.78, 5) is 0. The van der Waals surface area contributed by atoms with Gasteiger partial charge in [0, 0.05) is 5.41 Å². The third kappa shape index (κ3) is 2.86. The summed E-state index contributed by atoms with van der Waals surface area (Å²) in [6, 6.07) is 18.3. The summed E-state index contributed by atoms with van der Waals surface area (Å²) in [6.45, 7) is 2.25. The lowest BCUT2D eigenvalue weighted by molar-refractivity contribution is 0.185. The molecule has 106 valence electrons. The molecular formula is C18H22O2. The maximum absolute atomic E-state index is 10.0. The summed E-state index contributed by atoms with van der Waals surface area (Å²) >= 11 is 0. The molecule has 0 radical (unpaired) electrons. The molecule has 2 nitrogen and oxygen atoms in total. The Morgan fingerprint density at radius 1 is 1.00 bits per heavy atom. The molecule has 0 fully saturated rings. The lowest BCUT2D eigenvalue weighted by Crippen LogP contribution is -2.32. The Labute approximate surface area is 121 Å². The summed E-state index contributed by atoms with van der Waals surface area (Å²) < 4.78 is 5.43. The largest absolute Gasteiger partial charge is 0.496 e. The van der Waals surface area contributed by atoms with E-state index in [-0.39, 0.29) is 12.0 Å². The zero-order valence-electron chi connectivity index (χ0n) is 12.2. The van der Waals surface area contributed by atoms with Crippen molar-refractivity contribution in [3.63, 3.8) is 0 Å². The average Bonchev–Trinajstić information content (AvgIpc) is 2.54. The topological polar surface area (TPSA) is 29.5 Å². The average molecular weight is 270 g/mol. The highest BCUT2D eigenvalue weighted by Crippen LogP contribution is 2.34. The Kier molecular flexibility index (Phi) is 4.80. The van der Waals surface area contributed by atoms with E-state index in [1.807, 2.05) is 36.4 Å². The minimum Gasteiger partial charge on any atom is -0.496 e. The van der Waals surface area contributed by atoms with Gasteiger partial charge in [0.15, 0.2) is 0 Å². The molecule has 0 saturated carbocycles. The first-order chi connectivity index (χ1) is 9.75. The van der Waals surface area contributed by atoms with Crippen LogP contribution in [-0.4, -0.2) is 18.8 Å². The molecule has 2 aromatic carbocycles. The molecule has 0 aromatic heterocycles. The lowest BCUT2D eigenvalue weighted by Gasteiger charge is -2.32. The van der Waals surface area contributed by atoms with Gasteiger partial charge < -0.3 is 9.84 Å². The highest BCUT2D eigenvalue weighted by Gasteiger charge is 2.30. The van der Waals surface area contributed by atoms with Crippen LogP contribution in [0, 0.1) is 0 Å². The van der Waals surface area contributed by atoms with Gasteiger partial charge in [-0.3, -0.25) is 0 Å². The molecule has 0 aliphatic heterocycles. The van der Waals surface area contributed by atoms with Crippen molar-refractivity contribution in [2.75, 3.05) is 13.7 Å². The fraction of sp³-hybridized carbons (Fsp3) is 0.333. The number of methoxy groups -OCH3 is 1. The number of benzene rings is 2. The third-order valence-electron chi connectivity index (χ3n) is 4.09. The molecule has 0 amide bonds. The van der Waals surface area contributed by atoms with E-state index in [1.165, 1.54) is 5.56 Å². The van der Waals surface area contributed by atoms with Crippen LogP contribution >= 0.6 is 0 Å². The van der Waals surface area contributed by atoms with Crippen LogP contribution in [0.4, 0.5) is 0 Å². The Morgan fingerprint density at radius 2 is 1.65 bits per heavy atom. The molecule has 0 aliphatic rings. The van der Waals surface area contributed by atoms with Gasteiger partial charge >= 0.3 is 0 Å². The zero-order valence-corrected chi connectivity index (χ0v) is 12.2. The standard InChI is InChI=1S/C18H22O2/c1-3-18(14-19,16-10-5-4-6-11-16)13-15-9-7-8-12-17(15)20-2/h4-12,19H,3,13-14H2,1-2H3. The van der Waals surface area contributed by atoms with E-state index in [0.29, 0.717) is 0 Å². The summed E-state index contributed by atoms with van der Waals surface area (Å²) in [7, 11) is 1.69. The van der Waals surface area contributed by atoms with E-state index in [9.17, 15) is 5.11 Å². The quantitative estimate of drug-likeness (QED) is 0.869. The molecule has 0 aliphatic carbocycles. The molecule has 1 unspecified atom stereocenters. The number of para-hydroxylation sites is 1. The van der Waals surface area contributed by atoms with Gasteiger partial charge in [-0.25, -0.2) is 0 Å². The number of aliphatic hydroxyl groups is 1. The number of ether oxygens (including phenoxy) is 1. The maximum Gasteiger partial charge on any atom is 0.122 e. The second kappa shape index (κ2) is 6.58. The van der Waals surface area contributed by atoms with Crippen molar-refractivity contribution in [1.82, 2.24) is 0 Å². The number of rotatable bonds is 6. The monoisotopic (exact) mass is 270 g/mol. The van der Waals surface area contributed by atoms with Crippen molar-refractivity contribution in [1.29, 1.82) is 0 Å². The molecule has 0 bridgehead atoms. The second-order valence-electron chi connectivity index (χ2n) is 5.15. The van der Waals surface area contributed by atoms with Gasteiger partial charge in [-0.05, 0) is 30.0 Å². The summed E-state index contributed by atoms with van der Waals surface area (Å²) in [5, 5.41) is 10.0. The van der Waals surface area contributed by atoms with E-state index < -0.39 is 0 Å². The van der Waals surface area contributed by atoms with Crippen LogP contribution in [-0.2, 0) is 11.8 Å². The summed E-state index contributed by atoms with van der Waals surface area (Å²) in [5.74, 6) is 0.884. The molecule has 1 atom stereocenters. The minimum absolute atomic E-state index is 0.131. The fourth-order valence-electron chi connectivity index (χ4n) is 2.70. The van der Waals surface area contributed by atoms with E-state index in [0.717, 1.165) is 24.2 Å². The molecule has 2 rings (SSSR count). The van der Waals surface area contributed by atoms with E-state index >= 15 is 0 Å². The Balaban J connectivity index is 2.39. The first-order valence-electron chi connectivity index (χ1n) is 7.04. The van der Waals surface area contributed by atoms with Crippen molar-refractivity contribution in [2.24, 2.45) is 0 Å². The van der Waals surface area contributed by atoms with Crippen LogP contribution in [0.5, 0.6) is 5.75 Å². The summed E-state index contributed by atoms with van der Waals surface area (Å²) in [5.41, 5.74) is 2.06. The Hall–Kier alpha value is -1.80. The van der Waals surface area contributed by atoms with Crippen LogP contribution in [0.2, 0.25) is 0 Å². The van der Waals surface area contributed by atoms with Crippen molar-refractivity contribution < 1.29 is 9.84 Å². The van der Waals surface area contributed by atoms with E-state index in [1.54, 1.807) is 7.11 Å². The maximum atomic E-state index is 10.0. The predicted octanol–water partition coefficient (Wildman–Crippen LogP) is 3.58. The van der Waals surface area contributed by atoms with Gasteiger partial charge in [-0.2, -0.15) is 0 Å². The normalized spacial score (nSPS) is 13.8. The van der Waals surface area contributed by atoms with Crippen LogP contribution in [0.15, 0.2) is 54.6 Å². The van der Waals surface area contributed by atoms with Crippen LogP contribution in [0.3, 0.4) is 0 Å². The van der Waals surface area contributed by atoms with Gasteiger partial charge in [0.25, 0.3) is 0 Å². The SMILES string of the molecule is CCC(CO)(Cc1ccccc1OC)c1ccccc1. The van der Waals surface area contributed by atoms with Gasteiger partial charge in [0.1, 0.15) is 5.75 Å². The Bertz CT molecular complexity index is 530. The molecule has 0 saturated heterocycles. The van der Waals surface area contributed by atoms with Gasteiger partial charge in [-0.1, -0.05) is 55.5 Å². The molecule has 0 spiro atoms. The van der Waals surface area contributed by atoms with Gasteiger partial charge in [0.2, 0.25) is 0 Å². The number of aliphatic hydroxyl groups excluding tert-OH is 1. The first kappa shape index (κ1) is 14.6. The molecular weight excluding hydrogens is 248 g/mol. The molecule has 2 aromatic rings. The first-order valence-corrected chi connectivity index (χ1v) is 7.04. The minimum atomic E-state index is -0.254. The molecule has 2 heteroatoms. The fourth-order valence-corrected chi connectivity index (χ4v) is 2.70. The van der Waals surface area contributed by atoms with Crippen molar-refractivity contribution in [3.8, 4) is 5.75 Å². The van der Waals surface area contributed by atoms with Crippen LogP contribution < -0.4 is 4.74 Å². The smallest absolute Gasteiger partial charge is 0.122 e. The molecule has 1 N–H and O–H groups in total. The van der Waals surface area contributed by atoms with E-state index in [2.05, 4.69) is 25.1 Å². The second-order valence-corrected chi connectivity index (χ2v) is 5.15. The molecule has 0 heterocycles. The van der Waals surface area contributed by atoms with Crippen LogP contribution in [0.1, 0.15) is 24.5 Å². The summed E-state index contributed by atoms with van der Waals surface area (Å²) in [6.07, 6.45) is 1.65. The highest BCUT2D eigenvalue weighted by atomic mass is 16.5. The van der Waals surface area contributed by atoms with Crippen molar-refractivity contribution >= 4 is 0 Å². The third-order valence-corrected chi connectivity index (χ3v) is 4.09. The van der Waals surface area contributed by atoms with Gasteiger partial charge in [0.05, 0.1) is 13.7 Å². The Morgan fingerprint density at radius 3 is 2.25 bits per heavy atom. The van der Waals surface area contributed by atoms with Crippen LogP contribution in [0.25, 0.3) is 0 Å². The number of hydrogen-bond donors (Lipinski definition) is 1. The molecule has 20 heavy (non-hydrogen) atoms. The number of hydrogen-bond acceptors (Lipinski definition) is 2. The van der Waals surface area contributed by atoms with Crippen molar-refractivity contribution in [3.05, 3.63) is 65.7 Å². The highest BCUT2D eigenvalue weighted by molar-refractivity contribution is 5.37. The lowest BCUT2D eigenvalue weighted by atomic mass is 9.74. The van der Waals surface area contributed by atoms with E-state index in [4.69, 9.17) is 4.74 Å². The zero-order chi connectivity index (χ0) is 14.4. The van der Waals surface area contributed by atoms with Gasteiger partial charge in [-0.15, -0.1) is 0 Å². The predicted molar refractivity (Wildman–Crippen MR) is 82.2 cm³/mol. The van der Waals surface area contributed by atoms with Crippen molar-refractivity contribution in [2.45, 2.75) is 25.2 Å².